The summed E-state index contributed by atoms with van der Waals surface area (Å²) in [6.07, 6.45) is 0. The molecule has 0 unspecified atom stereocenters. The topological polar surface area (TPSA) is 12.0 Å². The molecule has 0 bridgehead atoms. The summed E-state index contributed by atoms with van der Waals surface area (Å²) >= 11 is 0. The van der Waals surface area contributed by atoms with Crippen molar-refractivity contribution in [3.8, 4) is 0 Å². The zero-order chi connectivity index (χ0) is 12.2. The van der Waals surface area contributed by atoms with E-state index in [1.54, 1.807) is 0 Å². The molecule has 0 saturated heterocycles. The second-order valence-corrected chi connectivity index (χ2v) is 4.36. The van der Waals surface area contributed by atoms with Crippen molar-refractivity contribution in [1.29, 1.82) is 0 Å². The lowest BCUT2D eigenvalue weighted by atomic mass is 10.0. The van der Waals surface area contributed by atoms with Gasteiger partial charge in [0, 0.05) is 12.2 Å². The maximum absolute atomic E-state index is 3.45. The van der Waals surface area contributed by atoms with Crippen molar-refractivity contribution >= 4 is 16.5 Å². The molecule has 18 heavy (non-hydrogen) atoms. The van der Waals surface area contributed by atoms with Gasteiger partial charge in [0.05, 0.1) is 0 Å². The van der Waals surface area contributed by atoms with Crippen molar-refractivity contribution in [1.82, 2.24) is 0 Å². The number of para-hydroxylation sites is 1. The second kappa shape index (κ2) is 4.92. The molecule has 1 heteroatoms. The highest BCUT2D eigenvalue weighted by atomic mass is 14.9. The lowest BCUT2D eigenvalue weighted by Crippen LogP contribution is -1.99. The first-order valence-corrected chi connectivity index (χ1v) is 6.19. The van der Waals surface area contributed by atoms with E-state index in [1.165, 1.54) is 16.3 Å². The van der Waals surface area contributed by atoms with E-state index in [2.05, 4.69) is 59.9 Å². The Morgan fingerprint density at radius 1 is 0.667 bits per heavy atom. The fraction of sp³-hybridized carbons (Fsp3) is 0.0588. The van der Waals surface area contributed by atoms with Crippen LogP contribution in [0.3, 0.4) is 0 Å². The van der Waals surface area contributed by atoms with Gasteiger partial charge in [-0.1, -0.05) is 60.7 Å². The van der Waals surface area contributed by atoms with E-state index in [1.807, 2.05) is 18.2 Å². The maximum Gasteiger partial charge on any atom is 0.0406 e. The van der Waals surface area contributed by atoms with Crippen LogP contribution in [0.1, 0.15) is 5.56 Å². The molecule has 1 N–H and O–H groups in total. The van der Waals surface area contributed by atoms with Crippen LogP contribution in [0, 0.1) is 0 Å². The van der Waals surface area contributed by atoms with E-state index in [9.17, 15) is 0 Å². The molecule has 0 fully saturated rings. The second-order valence-electron chi connectivity index (χ2n) is 4.36. The Kier molecular flexibility index (Phi) is 2.97. The van der Waals surface area contributed by atoms with E-state index in [4.69, 9.17) is 0 Å². The predicted octanol–water partition coefficient (Wildman–Crippen LogP) is 4.45. The average Bonchev–Trinajstić information content (AvgIpc) is 2.46. The Morgan fingerprint density at radius 2 is 1.39 bits per heavy atom. The Morgan fingerprint density at radius 3 is 2.28 bits per heavy atom. The monoisotopic (exact) mass is 233 g/mol. The van der Waals surface area contributed by atoms with Gasteiger partial charge >= 0.3 is 0 Å². The minimum atomic E-state index is 0.853. The summed E-state index contributed by atoms with van der Waals surface area (Å²) in [5.74, 6) is 0. The Balaban J connectivity index is 1.87. The molecule has 88 valence electrons. The summed E-state index contributed by atoms with van der Waals surface area (Å²) in [4.78, 5) is 0. The first-order chi connectivity index (χ1) is 8.93. The van der Waals surface area contributed by atoms with Gasteiger partial charge in [-0.15, -0.1) is 0 Å². The van der Waals surface area contributed by atoms with Crippen LogP contribution in [0.25, 0.3) is 10.8 Å². The smallest absolute Gasteiger partial charge is 0.0406 e. The summed E-state index contributed by atoms with van der Waals surface area (Å²) in [5, 5.41) is 6.07. The van der Waals surface area contributed by atoms with Gasteiger partial charge in [0.2, 0.25) is 0 Å². The van der Waals surface area contributed by atoms with Crippen molar-refractivity contribution in [3.05, 3.63) is 78.4 Å². The zero-order valence-corrected chi connectivity index (χ0v) is 10.1. The van der Waals surface area contributed by atoms with Crippen molar-refractivity contribution in [3.63, 3.8) is 0 Å². The average molecular weight is 233 g/mol. The Hall–Kier alpha value is -2.28. The number of benzene rings is 3. The van der Waals surface area contributed by atoms with Crippen LogP contribution >= 0.6 is 0 Å². The van der Waals surface area contributed by atoms with Crippen LogP contribution in [-0.4, -0.2) is 0 Å². The van der Waals surface area contributed by atoms with Crippen LogP contribution in [0.5, 0.6) is 0 Å². The molecule has 0 heterocycles. The van der Waals surface area contributed by atoms with E-state index < -0.39 is 0 Å². The van der Waals surface area contributed by atoms with Gasteiger partial charge in [-0.2, -0.15) is 0 Å². The summed E-state index contributed by atoms with van der Waals surface area (Å²) in [6, 6.07) is 25.3. The molecule has 0 spiro atoms. The quantitative estimate of drug-likeness (QED) is 0.704. The first-order valence-electron chi connectivity index (χ1n) is 6.19. The zero-order valence-electron chi connectivity index (χ0n) is 10.1. The van der Waals surface area contributed by atoms with Crippen molar-refractivity contribution in [2.75, 3.05) is 5.32 Å². The molecule has 0 aromatic heterocycles. The molecular weight excluding hydrogens is 218 g/mol. The normalized spacial score (nSPS) is 10.4. The van der Waals surface area contributed by atoms with E-state index in [0.717, 1.165) is 12.2 Å². The van der Waals surface area contributed by atoms with Gasteiger partial charge in [-0.05, 0) is 28.5 Å². The summed E-state index contributed by atoms with van der Waals surface area (Å²) in [5.41, 5.74) is 2.49. The highest BCUT2D eigenvalue weighted by Crippen LogP contribution is 2.19. The fourth-order valence-electron chi connectivity index (χ4n) is 2.20. The van der Waals surface area contributed by atoms with Crippen molar-refractivity contribution in [2.45, 2.75) is 6.54 Å². The van der Waals surface area contributed by atoms with Crippen molar-refractivity contribution in [2.24, 2.45) is 0 Å². The van der Waals surface area contributed by atoms with E-state index in [-0.39, 0.29) is 0 Å². The molecule has 0 saturated carbocycles. The summed E-state index contributed by atoms with van der Waals surface area (Å²) in [7, 11) is 0. The molecule has 0 aliphatic carbocycles. The molecule has 1 nitrogen and oxygen atoms in total. The molecule has 3 aromatic rings. The number of anilines is 1. The highest BCUT2D eigenvalue weighted by molar-refractivity contribution is 5.85. The minimum absolute atomic E-state index is 0.853. The largest absolute Gasteiger partial charge is 0.381 e. The number of fused-ring (bicyclic) bond motifs is 1. The van der Waals surface area contributed by atoms with Crippen LogP contribution in [0.15, 0.2) is 72.8 Å². The van der Waals surface area contributed by atoms with Crippen LogP contribution in [0.2, 0.25) is 0 Å². The van der Waals surface area contributed by atoms with E-state index in [0.29, 0.717) is 0 Å². The molecular formula is C17H15N. The van der Waals surface area contributed by atoms with Crippen LogP contribution in [-0.2, 0) is 6.54 Å². The highest BCUT2D eigenvalue weighted by Gasteiger charge is 1.99. The third kappa shape index (κ3) is 2.21. The predicted molar refractivity (Wildman–Crippen MR) is 77.7 cm³/mol. The van der Waals surface area contributed by atoms with Gasteiger partial charge in [-0.25, -0.2) is 0 Å². The fourth-order valence-corrected chi connectivity index (χ4v) is 2.20. The number of hydrogen-bond acceptors (Lipinski definition) is 1. The standard InChI is InChI=1S/C17H15N/c1-2-10-16(11-3-1)18-13-15-9-6-8-14-7-4-5-12-17(14)15/h1-12,18H,13H2. The lowest BCUT2D eigenvalue weighted by molar-refractivity contribution is 1.17. The Labute approximate surface area is 107 Å². The molecule has 3 rings (SSSR count). The first kappa shape index (κ1) is 10.8. The number of hydrogen-bond donors (Lipinski definition) is 1. The molecule has 0 atom stereocenters. The third-order valence-electron chi connectivity index (χ3n) is 3.14. The van der Waals surface area contributed by atoms with Gasteiger partial charge in [-0.3, -0.25) is 0 Å². The van der Waals surface area contributed by atoms with Gasteiger partial charge in [0.1, 0.15) is 0 Å². The molecule has 3 aromatic carbocycles. The molecule has 0 aliphatic rings. The van der Waals surface area contributed by atoms with E-state index >= 15 is 0 Å². The molecule has 0 amide bonds. The molecule has 0 aliphatic heterocycles. The van der Waals surface area contributed by atoms with Gasteiger partial charge < -0.3 is 5.32 Å². The van der Waals surface area contributed by atoms with Gasteiger partial charge in [0.15, 0.2) is 0 Å². The van der Waals surface area contributed by atoms with Crippen LogP contribution in [0.4, 0.5) is 5.69 Å². The SMILES string of the molecule is c1ccc(NCc2cccc3ccccc23)cc1. The summed E-state index contributed by atoms with van der Waals surface area (Å²) in [6.45, 7) is 0.853. The third-order valence-corrected chi connectivity index (χ3v) is 3.14. The number of rotatable bonds is 3. The minimum Gasteiger partial charge on any atom is -0.381 e. The lowest BCUT2D eigenvalue weighted by Gasteiger charge is -2.09. The van der Waals surface area contributed by atoms with Crippen molar-refractivity contribution < 1.29 is 0 Å². The summed E-state index contributed by atoms with van der Waals surface area (Å²) < 4.78 is 0. The van der Waals surface area contributed by atoms with Gasteiger partial charge in [0.25, 0.3) is 0 Å². The Bertz CT molecular complexity index is 639. The van der Waals surface area contributed by atoms with Crippen LogP contribution < -0.4 is 5.32 Å². The maximum atomic E-state index is 3.45. The molecule has 0 radical (unpaired) electrons. The number of nitrogens with one attached hydrogen (secondary N) is 1.